The van der Waals surface area contributed by atoms with Crippen molar-refractivity contribution < 1.29 is 13.2 Å². The molecule has 0 saturated carbocycles. The summed E-state index contributed by atoms with van der Waals surface area (Å²) in [5.74, 6) is -4.13. The summed E-state index contributed by atoms with van der Waals surface area (Å²) in [5.41, 5.74) is 5.79. The van der Waals surface area contributed by atoms with Gasteiger partial charge in [-0.3, -0.25) is 0 Å². The van der Waals surface area contributed by atoms with Crippen molar-refractivity contribution in [3.05, 3.63) is 46.9 Å². The van der Waals surface area contributed by atoms with Crippen LogP contribution in [-0.4, -0.2) is 20.0 Å². The Morgan fingerprint density at radius 1 is 1.19 bits per heavy atom. The average Bonchev–Trinajstić information content (AvgIpc) is 3.13. The summed E-state index contributed by atoms with van der Waals surface area (Å²) in [6.45, 7) is -0.0286. The Kier molecular flexibility index (Phi) is 3.43. The maximum absolute atomic E-state index is 14.0. The zero-order valence-corrected chi connectivity index (χ0v) is 11.2. The number of halogens is 3. The third kappa shape index (κ3) is 2.20. The molecular weight excluding hydrogens is 303 g/mol. The molecule has 2 aromatic heterocycles. The molecule has 2 N–H and O–H groups in total. The van der Waals surface area contributed by atoms with Gasteiger partial charge in [0.05, 0.1) is 0 Å². The van der Waals surface area contributed by atoms with Crippen molar-refractivity contribution in [2.45, 2.75) is 6.54 Å². The molecule has 0 saturated heterocycles. The van der Waals surface area contributed by atoms with Gasteiger partial charge in [0, 0.05) is 23.7 Å². The molecule has 0 aliphatic rings. The largest absolute Gasteiger partial charge is 0.325 e. The topological polar surface area (TPSA) is 69.6 Å². The van der Waals surface area contributed by atoms with Crippen molar-refractivity contribution >= 4 is 11.3 Å². The smallest absolute Gasteiger partial charge is 0.212 e. The van der Waals surface area contributed by atoms with Gasteiger partial charge in [-0.05, 0) is 12.1 Å². The van der Waals surface area contributed by atoms with E-state index in [4.69, 9.17) is 5.73 Å². The summed E-state index contributed by atoms with van der Waals surface area (Å²) in [4.78, 5) is 4.04. The molecule has 3 aromatic rings. The van der Waals surface area contributed by atoms with Gasteiger partial charge in [0.2, 0.25) is 5.13 Å². The summed E-state index contributed by atoms with van der Waals surface area (Å²) in [6, 6.07) is 1.96. The average molecular weight is 311 g/mol. The predicted molar refractivity (Wildman–Crippen MR) is 70.2 cm³/mol. The normalized spacial score (nSPS) is 11.0. The zero-order chi connectivity index (χ0) is 15.0. The summed E-state index contributed by atoms with van der Waals surface area (Å²) in [5, 5.41) is 9.80. The second-order valence-corrected chi connectivity index (χ2v) is 4.91. The number of benzene rings is 1. The van der Waals surface area contributed by atoms with Crippen molar-refractivity contribution in [1.82, 2.24) is 20.0 Å². The molecule has 1 aromatic carbocycles. The standard InChI is InChI=1S/C12H8F3N5S/c13-7-2-1-6(9(14)10(7)15)11-8(5-16)18-19-20(11)12-17-3-4-21-12/h1-4H,5,16H2. The quantitative estimate of drug-likeness (QED) is 0.753. The lowest BCUT2D eigenvalue weighted by atomic mass is 10.1. The van der Waals surface area contributed by atoms with E-state index in [-0.39, 0.29) is 23.5 Å². The Hall–Kier alpha value is -2.26. The maximum Gasteiger partial charge on any atom is 0.212 e. The second-order valence-electron chi connectivity index (χ2n) is 4.04. The van der Waals surface area contributed by atoms with Crippen LogP contribution in [-0.2, 0) is 6.54 Å². The number of hydrogen-bond donors (Lipinski definition) is 1. The minimum Gasteiger partial charge on any atom is -0.325 e. The molecule has 0 aliphatic carbocycles. The first-order valence-electron chi connectivity index (χ1n) is 5.82. The SMILES string of the molecule is NCc1nnn(-c2nccs2)c1-c1ccc(F)c(F)c1F. The number of nitrogens with zero attached hydrogens (tertiary/aromatic N) is 4. The third-order valence-corrected chi connectivity index (χ3v) is 3.57. The van der Waals surface area contributed by atoms with E-state index in [0.717, 1.165) is 12.1 Å². The van der Waals surface area contributed by atoms with Crippen molar-refractivity contribution in [3.63, 3.8) is 0 Å². The number of thiazole rings is 1. The number of nitrogens with two attached hydrogens (primary N) is 1. The fourth-order valence-corrected chi connectivity index (χ4v) is 2.48. The van der Waals surface area contributed by atoms with E-state index in [9.17, 15) is 13.2 Å². The van der Waals surface area contributed by atoms with Gasteiger partial charge in [-0.2, -0.15) is 4.68 Å². The highest BCUT2D eigenvalue weighted by Crippen LogP contribution is 2.30. The van der Waals surface area contributed by atoms with Crippen LogP contribution in [0, 0.1) is 17.5 Å². The minimum absolute atomic E-state index is 0.0286. The minimum atomic E-state index is -1.55. The summed E-state index contributed by atoms with van der Waals surface area (Å²) >= 11 is 1.24. The molecule has 0 aliphatic heterocycles. The number of aromatic nitrogens is 4. The summed E-state index contributed by atoms with van der Waals surface area (Å²) < 4.78 is 41.8. The van der Waals surface area contributed by atoms with E-state index in [1.54, 1.807) is 5.38 Å². The van der Waals surface area contributed by atoms with E-state index in [1.165, 1.54) is 22.2 Å². The van der Waals surface area contributed by atoms with Crippen LogP contribution in [0.2, 0.25) is 0 Å². The second kappa shape index (κ2) is 5.26. The molecule has 0 radical (unpaired) electrons. The van der Waals surface area contributed by atoms with Gasteiger partial charge in [-0.1, -0.05) is 5.21 Å². The molecule has 0 fully saturated rings. The fraction of sp³-hybridized carbons (Fsp3) is 0.0833. The highest BCUT2D eigenvalue weighted by atomic mass is 32.1. The van der Waals surface area contributed by atoms with Gasteiger partial charge in [0.1, 0.15) is 11.4 Å². The molecule has 108 valence electrons. The Labute approximate surface area is 120 Å². The van der Waals surface area contributed by atoms with E-state index < -0.39 is 17.5 Å². The summed E-state index contributed by atoms with van der Waals surface area (Å²) in [6.07, 6.45) is 1.54. The van der Waals surface area contributed by atoms with Crippen LogP contribution in [0.1, 0.15) is 5.69 Å². The van der Waals surface area contributed by atoms with Crippen molar-refractivity contribution in [2.75, 3.05) is 0 Å². The van der Waals surface area contributed by atoms with E-state index >= 15 is 0 Å². The van der Waals surface area contributed by atoms with E-state index in [1.807, 2.05) is 0 Å². The first-order chi connectivity index (χ1) is 10.1. The van der Waals surface area contributed by atoms with E-state index in [0.29, 0.717) is 5.13 Å². The lowest BCUT2D eigenvalue weighted by Gasteiger charge is -2.07. The molecule has 0 spiro atoms. The molecule has 21 heavy (non-hydrogen) atoms. The van der Waals surface area contributed by atoms with Crippen LogP contribution in [0.15, 0.2) is 23.7 Å². The first-order valence-corrected chi connectivity index (χ1v) is 6.69. The zero-order valence-electron chi connectivity index (χ0n) is 10.4. The highest BCUT2D eigenvalue weighted by molar-refractivity contribution is 7.12. The Morgan fingerprint density at radius 2 is 2.00 bits per heavy atom. The maximum atomic E-state index is 14.0. The first kappa shape index (κ1) is 13.7. The Balaban J connectivity index is 2.27. The van der Waals surface area contributed by atoms with Crippen LogP contribution >= 0.6 is 11.3 Å². The van der Waals surface area contributed by atoms with Crippen LogP contribution in [0.4, 0.5) is 13.2 Å². The molecule has 0 atom stereocenters. The molecule has 5 nitrogen and oxygen atoms in total. The van der Waals surface area contributed by atoms with Crippen LogP contribution < -0.4 is 5.73 Å². The van der Waals surface area contributed by atoms with Crippen LogP contribution in [0.5, 0.6) is 0 Å². The van der Waals surface area contributed by atoms with Gasteiger partial charge in [-0.15, -0.1) is 16.4 Å². The van der Waals surface area contributed by atoms with E-state index in [2.05, 4.69) is 15.3 Å². The Bertz CT molecular complexity index is 785. The molecule has 2 heterocycles. The monoisotopic (exact) mass is 311 g/mol. The predicted octanol–water partition coefficient (Wildman–Crippen LogP) is 2.27. The number of rotatable bonds is 3. The van der Waals surface area contributed by atoms with Crippen LogP contribution in [0.25, 0.3) is 16.4 Å². The number of hydrogen-bond acceptors (Lipinski definition) is 5. The Morgan fingerprint density at radius 3 is 2.67 bits per heavy atom. The van der Waals surface area contributed by atoms with Gasteiger partial charge in [-0.25, -0.2) is 18.2 Å². The van der Waals surface area contributed by atoms with Gasteiger partial charge >= 0.3 is 0 Å². The molecule has 0 unspecified atom stereocenters. The van der Waals surface area contributed by atoms with Crippen LogP contribution in [0.3, 0.4) is 0 Å². The molecule has 9 heteroatoms. The molecule has 0 bridgehead atoms. The van der Waals surface area contributed by atoms with Gasteiger partial charge in [0.25, 0.3) is 0 Å². The van der Waals surface area contributed by atoms with Gasteiger partial charge < -0.3 is 5.73 Å². The fourth-order valence-electron chi connectivity index (χ4n) is 1.88. The molecular formula is C12H8F3N5S. The molecule has 0 amide bonds. The lowest BCUT2D eigenvalue weighted by Crippen LogP contribution is -2.05. The van der Waals surface area contributed by atoms with Crippen molar-refractivity contribution in [2.24, 2.45) is 5.73 Å². The third-order valence-electron chi connectivity index (χ3n) is 2.82. The van der Waals surface area contributed by atoms with Crippen molar-refractivity contribution in [1.29, 1.82) is 0 Å². The summed E-state index contributed by atoms with van der Waals surface area (Å²) in [7, 11) is 0. The van der Waals surface area contributed by atoms with Crippen molar-refractivity contribution in [3.8, 4) is 16.4 Å². The molecule has 3 rings (SSSR count). The van der Waals surface area contributed by atoms with Gasteiger partial charge in [0.15, 0.2) is 17.5 Å². The lowest BCUT2D eigenvalue weighted by molar-refractivity contribution is 0.448. The highest BCUT2D eigenvalue weighted by Gasteiger charge is 2.23.